The Labute approximate surface area is 283 Å². The van der Waals surface area contributed by atoms with Gasteiger partial charge in [-0.05, 0) is 43.0 Å². The maximum Gasteiger partial charge on any atom is 0.385 e. The first kappa shape index (κ1) is 41.0. The number of rotatable bonds is 8. The molecule has 0 heterocycles. The summed E-state index contributed by atoms with van der Waals surface area (Å²) in [5, 5.41) is 41.4. The van der Waals surface area contributed by atoms with Gasteiger partial charge in [0, 0.05) is 12.1 Å². The quantitative estimate of drug-likeness (QED) is 0.0755. The third kappa shape index (κ3) is 18.7. The van der Waals surface area contributed by atoms with Crippen LogP contribution in [0.2, 0.25) is 0 Å². The predicted octanol–water partition coefficient (Wildman–Crippen LogP) is 4.35. The minimum Gasteiger partial charge on any atom is -0.289 e. The lowest BCUT2D eigenvalue weighted by molar-refractivity contribution is -0.129. The number of nitrogens with one attached hydrogen (secondary N) is 4. The molecule has 0 saturated heterocycles. The Bertz CT molecular complexity index is 1500. The van der Waals surface area contributed by atoms with Crippen LogP contribution in [0.1, 0.15) is 38.9 Å². The van der Waals surface area contributed by atoms with Gasteiger partial charge in [-0.2, -0.15) is 0 Å². The van der Waals surface area contributed by atoms with Gasteiger partial charge in [-0.25, -0.2) is 21.9 Å². The number of carbonyl (C=O) groups is 4. The normalized spacial score (nSPS) is 9.35. The fraction of sp³-hybridized carbons (Fsp3) is 0.200. The molecule has 0 spiro atoms. The van der Waals surface area contributed by atoms with E-state index in [0.717, 1.165) is 38.9 Å². The van der Waals surface area contributed by atoms with Crippen molar-refractivity contribution in [3.8, 4) is 0 Å². The molecule has 0 atom stereocenters. The van der Waals surface area contributed by atoms with Crippen molar-refractivity contribution in [1.82, 2.24) is 21.9 Å². The molecule has 4 aromatic rings. The molecule has 49 heavy (non-hydrogen) atoms. The molecule has 0 fully saturated rings. The SMILES string of the molecule is Cc1ccc(CC(=O)NO)cc1.Cc1ccc(CC(=O)NO)cc1.Cc1ccc(CC(=O)NO)cc1.N#[N+]c1ccc(CC(=O)NO)cc1. The number of aryl methyl sites for hydroxylation is 3. The van der Waals surface area contributed by atoms with Crippen LogP contribution in [0.15, 0.2) is 97.1 Å². The minimum absolute atomic E-state index is 0.0994. The molecule has 14 heteroatoms. The Hall–Kier alpha value is -5.98. The van der Waals surface area contributed by atoms with Crippen LogP contribution < -0.4 is 21.9 Å². The zero-order valence-corrected chi connectivity index (χ0v) is 27.4. The molecule has 0 bridgehead atoms. The molecular formula is C35H41N6O8+. The van der Waals surface area contributed by atoms with Gasteiger partial charge in [0.05, 0.1) is 25.7 Å². The Kier molecular flexibility index (Phi) is 19.6. The van der Waals surface area contributed by atoms with Crippen LogP contribution in [-0.4, -0.2) is 44.5 Å². The lowest BCUT2D eigenvalue weighted by atomic mass is 10.1. The second-order valence-electron chi connectivity index (χ2n) is 10.6. The lowest BCUT2D eigenvalue weighted by Gasteiger charge is -1.99. The number of benzene rings is 4. The molecule has 0 radical (unpaired) electrons. The van der Waals surface area contributed by atoms with Crippen molar-refractivity contribution in [3.05, 3.63) is 141 Å². The predicted molar refractivity (Wildman–Crippen MR) is 179 cm³/mol. The van der Waals surface area contributed by atoms with E-state index in [1.54, 1.807) is 40.7 Å². The first-order valence-electron chi connectivity index (χ1n) is 14.7. The smallest absolute Gasteiger partial charge is 0.289 e. The largest absolute Gasteiger partial charge is 0.385 e. The van der Waals surface area contributed by atoms with Crippen molar-refractivity contribution < 1.29 is 40.0 Å². The van der Waals surface area contributed by atoms with Crippen molar-refractivity contribution in [1.29, 1.82) is 5.39 Å². The zero-order chi connectivity index (χ0) is 36.6. The summed E-state index contributed by atoms with van der Waals surface area (Å²) in [7, 11) is 0. The third-order valence-corrected chi connectivity index (χ3v) is 6.37. The third-order valence-electron chi connectivity index (χ3n) is 6.37. The highest BCUT2D eigenvalue weighted by atomic mass is 16.5. The molecule has 4 amide bonds. The second-order valence-corrected chi connectivity index (χ2v) is 10.6. The van der Waals surface area contributed by atoms with Gasteiger partial charge < -0.3 is 0 Å². The van der Waals surface area contributed by atoms with E-state index in [2.05, 4.69) is 4.98 Å². The molecule has 0 unspecified atom stereocenters. The second kappa shape index (κ2) is 23.4. The van der Waals surface area contributed by atoms with Gasteiger partial charge in [0.2, 0.25) is 29.0 Å². The number of hydrogen-bond donors (Lipinski definition) is 8. The van der Waals surface area contributed by atoms with Gasteiger partial charge in [0.1, 0.15) is 0 Å². The van der Waals surface area contributed by atoms with Crippen molar-refractivity contribution in [2.24, 2.45) is 0 Å². The van der Waals surface area contributed by atoms with Gasteiger partial charge in [-0.3, -0.25) is 40.0 Å². The van der Waals surface area contributed by atoms with Gasteiger partial charge in [0.15, 0.2) is 4.98 Å². The van der Waals surface area contributed by atoms with Crippen LogP contribution in [0.5, 0.6) is 0 Å². The lowest BCUT2D eigenvalue weighted by Crippen LogP contribution is -2.20. The van der Waals surface area contributed by atoms with Crippen LogP contribution >= 0.6 is 0 Å². The summed E-state index contributed by atoms with van der Waals surface area (Å²) in [4.78, 5) is 45.8. The molecule has 0 aliphatic rings. The van der Waals surface area contributed by atoms with Crippen LogP contribution in [0.4, 0.5) is 5.69 Å². The number of hydroxylamine groups is 4. The summed E-state index contributed by atoms with van der Waals surface area (Å²) in [5.41, 5.74) is 13.6. The zero-order valence-electron chi connectivity index (χ0n) is 27.4. The van der Waals surface area contributed by atoms with E-state index in [1.165, 1.54) is 5.48 Å². The number of nitrogens with zero attached hydrogens (tertiary/aromatic N) is 2. The maximum atomic E-state index is 10.7. The van der Waals surface area contributed by atoms with E-state index in [-0.39, 0.29) is 43.4 Å². The first-order valence-corrected chi connectivity index (χ1v) is 14.7. The van der Waals surface area contributed by atoms with Crippen LogP contribution in [0.3, 0.4) is 0 Å². The molecule has 4 aromatic carbocycles. The molecule has 8 N–H and O–H groups in total. The Morgan fingerprint density at radius 1 is 0.449 bits per heavy atom. The Morgan fingerprint density at radius 2 is 0.653 bits per heavy atom. The molecule has 0 aromatic heterocycles. The average Bonchev–Trinajstić information content (AvgIpc) is 3.12. The summed E-state index contributed by atoms with van der Waals surface area (Å²) < 4.78 is 0. The molecule has 0 saturated carbocycles. The monoisotopic (exact) mass is 673 g/mol. The number of amides is 4. The van der Waals surface area contributed by atoms with Crippen molar-refractivity contribution >= 4 is 29.3 Å². The molecular weight excluding hydrogens is 632 g/mol. The van der Waals surface area contributed by atoms with E-state index in [1.807, 2.05) is 93.6 Å². The van der Waals surface area contributed by atoms with Gasteiger partial charge in [-0.15, -0.1) is 0 Å². The molecule has 0 aliphatic carbocycles. The summed E-state index contributed by atoms with van der Waals surface area (Å²) >= 11 is 0. The van der Waals surface area contributed by atoms with E-state index < -0.39 is 5.91 Å². The summed E-state index contributed by atoms with van der Waals surface area (Å²) in [5.74, 6) is -1.65. The summed E-state index contributed by atoms with van der Waals surface area (Å²) in [6.45, 7) is 5.95. The van der Waals surface area contributed by atoms with Gasteiger partial charge in [0.25, 0.3) is 0 Å². The molecule has 0 aliphatic heterocycles. The van der Waals surface area contributed by atoms with Crippen LogP contribution in [-0.2, 0) is 44.9 Å². The molecule has 14 nitrogen and oxygen atoms in total. The Balaban J connectivity index is 0.000000327. The van der Waals surface area contributed by atoms with E-state index in [9.17, 15) is 19.2 Å². The fourth-order valence-electron chi connectivity index (χ4n) is 3.70. The van der Waals surface area contributed by atoms with E-state index >= 15 is 0 Å². The summed E-state index contributed by atoms with van der Waals surface area (Å²) in [6.07, 6.45) is 0.756. The highest BCUT2D eigenvalue weighted by molar-refractivity contribution is 5.78. The average molecular weight is 674 g/mol. The molecule has 4 rings (SSSR count). The van der Waals surface area contributed by atoms with Gasteiger partial charge >= 0.3 is 5.69 Å². The first-order chi connectivity index (χ1) is 23.4. The topological polar surface area (TPSA) is 225 Å². The highest BCUT2D eigenvalue weighted by Gasteiger charge is 2.06. The van der Waals surface area contributed by atoms with Crippen molar-refractivity contribution in [2.75, 3.05) is 0 Å². The highest BCUT2D eigenvalue weighted by Crippen LogP contribution is 2.12. The van der Waals surface area contributed by atoms with E-state index in [0.29, 0.717) is 5.69 Å². The van der Waals surface area contributed by atoms with Crippen molar-refractivity contribution in [3.63, 3.8) is 0 Å². The number of diazo groups is 1. The summed E-state index contributed by atoms with van der Waals surface area (Å²) in [6, 6.07) is 29.2. The van der Waals surface area contributed by atoms with Gasteiger partial charge in [-0.1, -0.05) is 102 Å². The minimum atomic E-state index is -0.478. The number of carbonyl (C=O) groups excluding carboxylic acids is 4. The molecule has 258 valence electrons. The Morgan fingerprint density at radius 3 is 0.837 bits per heavy atom. The fourth-order valence-corrected chi connectivity index (χ4v) is 3.70. The maximum absolute atomic E-state index is 10.7. The van der Waals surface area contributed by atoms with Crippen LogP contribution in [0, 0.1) is 26.2 Å². The number of hydrogen-bond acceptors (Lipinski definition) is 9. The van der Waals surface area contributed by atoms with Crippen molar-refractivity contribution in [2.45, 2.75) is 46.5 Å². The standard InChI is InChI=1S/3C9H11NO2.C8H7N3O2/c3*1-7-2-4-8(5-3-7)6-9(11)10-12;9-10-7-3-1-6(2-4-7)5-8(12)11-13/h3*2-5,12H,6H2,1H3,(H,10,11);1-4H,5H2,(H-,11,12,13)/p+1. The van der Waals surface area contributed by atoms with Crippen LogP contribution in [0.25, 0.3) is 4.98 Å². The van der Waals surface area contributed by atoms with E-state index in [4.69, 9.17) is 26.2 Å².